The van der Waals surface area contributed by atoms with Crippen LogP contribution in [0, 0.1) is 6.92 Å². The van der Waals surface area contributed by atoms with Crippen LogP contribution in [-0.4, -0.2) is 41.7 Å². The third-order valence-electron chi connectivity index (χ3n) is 4.93. The number of anilines is 1. The average molecular weight is 385 g/mol. The van der Waals surface area contributed by atoms with Crippen molar-refractivity contribution in [3.8, 4) is 11.5 Å². The van der Waals surface area contributed by atoms with Gasteiger partial charge in [0.05, 0.1) is 6.61 Å². The van der Waals surface area contributed by atoms with Crippen molar-refractivity contribution in [1.29, 1.82) is 0 Å². The molecule has 27 heavy (non-hydrogen) atoms. The number of hydrogen-bond acceptors (Lipinski definition) is 6. The first-order chi connectivity index (χ1) is 13.2. The first-order valence-electron chi connectivity index (χ1n) is 9.28. The molecule has 0 unspecified atom stereocenters. The summed E-state index contributed by atoms with van der Waals surface area (Å²) in [6.07, 6.45) is 1.56. The fourth-order valence-electron chi connectivity index (χ4n) is 3.46. The number of carbonyl (C=O) groups excluding carboxylic acids is 1. The lowest BCUT2D eigenvalue weighted by atomic mass is 10.1. The number of amides is 1. The highest BCUT2D eigenvalue weighted by Crippen LogP contribution is 2.34. The number of furan rings is 1. The summed E-state index contributed by atoms with van der Waals surface area (Å²) in [5.41, 5.74) is 2.87. The summed E-state index contributed by atoms with van der Waals surface area (Å²) in [7, 11) is 0. The number of nitrogens with one attached hydrogen (secondary N) is 1. The van der Waals surface area contributed by atoms with Gasteiger partial charge in [-0.3, -0.25) is 0 Å². The zero-order chi connectivity index (χ0) is 18.8. The molecular weight excluding hydrogens is 362 g/mol. The van der Waals surface area contributed by atoms with Gasteiger partial charge < -0.3 is 19.4 Å². The van der Waals surface area contributed by atoms with Crippen molar-refractivity contribution in [2.45, 2.75) is 32.7 Å². The third-order valence-corrected chi connectivity index (χ3v) is 5.70. The van der Waals surface area contributed by atoms with Crippen LogP contribution < -0.4 is 5.32 Å². The van der Waals surface area contributed by atoms with Gasteiger partial charge >= 0.3 is 6.09 Å². The number of ether oxygens (including phenoxy) is 1. The highest BCUT2D eigenvalue weighted by atomic mass is 32.1. The monoisotopic (exact) mass is 385 g/mol. The molecule has 1 aromatic carbocycles. The molecule has 6 nitrogen and oxygen atoms in total. The number of thiazole rings is 1. The van der Waals surface area contributed by atoms with Gasteiger partial charge in [-0.2, -0.15) is 0 Å². The summed E-state index contributed by atoms with van der Waals surface area (Å²) in [6, 6.07) is 8.36. The smallest absolute Gasteiger partial charge is 0.409 e. The predicted molar refractivity (Wildman–Crippen MR) is 107 cm³/mol. The van der Waals surface area contributed by atoms with Gasteiger partial charge in [-0.1, -0.05) is 18.2 Å². The maximum Gasteiger partial charge on any atom is 0.409 e. The minimum atomic E-state index is -0.215. The molecule has 1 saturated heterocycles. The molecule has 2 aromatic heterocycles. The first kappa shape index (κ1) is 17.9. The van der Waals surface area contributed by atoms with Gasteiger partial charge in [-0.05, 0) is 32.8 Å². The van der Waals surface area contributed by atoms with Crippen LogP contribution in [0.5, 0.6) is 0 Å². The van der Waals surface area contributed by atoms with Crippen LogP contribution in [0.3, 0.4) is 0 Å². The van der Waals surface area contributed by atoms with Gasteiger partial charge in [-0.25, -0.2) is 9.78 Å². The number of rotatable bonds is 4. The normalized spacial score (nSPS) is 15.3. The van der Waals surface area contributed by atoms with Crippen molar-refractivity contribution in [3.05, 3.63) is 35.2 Å². The van der Waals surface area contributed by atoms with Gasteiger partial charge in [0.2, 0.25) is 0 Å². The number of para-hydroxylation sites is 1. The fraction of sp³-hybridized carbons (Fsp3) is 0.400. The van der Waals surface area contributed by atoms with Crippen molar-refractivity contribution in [3.63, 3.8) is 0 Å². The van der Waals surface area contributed by atoms with E-state index in [-0.39, 0.29) is 6.09 Å². The predicted octanol–water partition coefficient (Wildman–Crippen LogP) is 4.90. The number of aryl methyl sites for hydroxylation is 1. The average Bonchev–Trinajstić information content (AvgIpc) is 3.27. The van der Waals surface area contributed by atoms with Crippen molar-refractivity contribution in [1.82, 2.24) is 9.88 Å². The molecular formula is C20H23N3O3S. The summed E-state index contributed by atoms with van der Waals surface area (Å²) in [4.78, 5) is 18.3. The molecule has 0 spiro atoms. The molecule has 1 aliphatic heterocycles. The molecule has 1 aliphatic rings. The van der Waals surface area contributed by atoms with Crippen LogP contribution in [0.2, 0.25) is 0 Å². The number of benzene rings is 1. The zero-order valence-electron chi connectivity index (χ0n) is 15.5. The minimum Gasteiger partial charge on any atom is -0.454 e. The highest BCUT2D eigenvalue weighted by Gasteiger charge is 2.24. The van der Waals surface area contributed by atoms with Gasteiger partial charge in [-0.15, -0.1) is 11.3 Å². The lowest BCUT2D eigenvalue weighted by molar-refractivity contribution is 0.0983. The molecule has 3 aromatic rings. The maximum atomic E-state index is 11.8. The van der Waals surface area contributed by atoms with Crippen molar-refractivity contribution >= 4 is 33.5 Å². The van der Waals surface area contributed by atoms with E-state index in [0.717, 1.165) is 46.0 Å². The Morgan fingerprint density at radius 1 is 1.37 bits per heavy atom. The van der Waals surface area contributed by atoms with Gasteiger partial charge in [0, 0.05) is 35.5 Å². The summed E-state index contributed by atoms with van der Waals surface area (Å²) >= 11 is 1.58. The molecule has 1 N–H and O–H groups in total. The van der Waals surface area contributed by atoms with Crippen LogP contribution >= 0.6 is 11.3 Å². The van der Waals surface area contributed by atoms with E-state index in [1.54, 1.807) is 16.2 Å². The highest BCUT2D eigenvalue weighted by molar-refractivity contribution is 7.14. The molecule has 3 heterocycles. The molecule has 0 atom stereocenters. The first-order valence-corrected chi connectivity index (χ1v) is 10.2. The Bertz CT molecular complexity index is 941. The number of fused-ring (bicyclic) bond motifs is 1. The Kier molecular flexibility index (Phi) is 5.03. The van der Waals surface area contributed by atoms with Crippen LogP contribution in [0.25, 0.3) is 22.4 Å². The second-order valence-electron chi connectivity index (χ2n) is 6.69. The van der Waals surface area contributed by atoms with E-state index in [1.807, 2.05) is 30.5 Å². The second kappa shape index (κ2) is 7.60. The maximum absolute atomic E-state index is 11.8. The van der Waals surface area contributed by atoms with Gasteiger partial charge in [0.15, 0.2) is 10.9 Å². The molecule has 0 radical (unpaired) electrons. The van der Waals surface area contributed by atoms with Gasteiger partial charge in [0.1, 0.15) is 11.3 Å². The van der Waals surface area contributed by atoms with Crippen LogP contribution in [0.15, 0.2) is 34.1 Å². The van der Waals surface area contributed by atoms with E-state index in [2.05, 4.69) is 18.3 Å². The molecule has 0 aliphatic carbocycles. The van der Waals surface area contributed by atoms with E-state index < -0.39 is 0 Å². The standard InChI is InChI=1S/C20H23N3O3S/c1-3-25-20(24)23-10-8-14(9-11-23)21-19-22-16(12-27-19)18-13(2)15-6-4-5-7-17(15)26-18/h4-7,12,14H,3,8-11H2,1-2H3,(H,21,22). The van der Waals surface area contributed by atoms with E-state index >= 15 is 0 Å². The zero-order valence-corrected chi connectivity index (χ0v) is 16.3. The van der Waals surface area contributed by atoms with Crippen LogP contribution in [0.1, 0.15) is 25.3 Å². The summed E-state index contributed by atoms with van der Waals surface area (Å²) in [5, 5.41) is 7.55. The quantitative estimate of drug-likeness (QED) is 0.692. The largest absolute Gasteiger partial charge is 0.454 e. The summed E-state index contributed by atoms with van der Waals surface area (Å²) < 4.78 is 11.1. The molecule has 0 saturated carbocycles. The molecule has 1 fully saturated rings. The lowest BCUT2D eigenvalue weighted by Crippen LogP contribution is -2.42. The van der Waals surface area contributed by atoms with Crippen LogP contribution in [-0.2, 0) is 4.74 Å². The second-order valence-corrected chi connectivity index (χ2v) is 7.55. The van der Waals surface area contributed by atoms with E-state index in [4.69, 9.17) is 14.1 Å². The van der Waals surface area contributed by atoms with Crippen LogP contribution in [0.4, 0.5) is 9.93 Å². The Labute approximate surface area is 162 Å². The van der Waals surface area contributed by atoms with E-state index in [0.29, 0.717) is 25.7 Å². The van der Waals surface area contributed by atoms with E-state index in [9.17, 15) is 4.79 Å². The number of nitrogens with zero attached hydrogens (tertiary/aromatic N) is 2. The van der Waals surface area contributed by atoms with Gasteiger partial charge in [0.25, 0.3) is 0 Å². The van der Waals surface area contributed by atoms with Crippen molar-refractivity contribution in [2.24, 2.45) is 0 Å². The molecule has 142 valence electrons. The SMILES string of the molecule is CCOC(=O)N1CCC(Nc2nc(-c3oc4ccccc4c3C)cs2)CC1. The summed E-state index contributed by atoms with van der Waals surface area (Å²) in [5.74, 6) is 0.831. The Morgan fingerprint density at radius 3 is 2.89 bits per heavy atom. The number of aromatic nitrogens is 1. The minimum absolute atomic E-state index is 0.215. The number of piperidine rings is 1. The fourth-order valence-corrected chi connectivity index (χ4v) is 4.23. The molecule has 1 amide bonds. The molecule has 0 bridgehead atoms. The number of carbonyl (C=O) groups is 1. The third kappa shape index (κ3) is 3.64. The van der Waals surface area contributed by atoms with Crippen molar-refractivity contribution < 1.29 is 13.9 Å². The Hall–Kier alpha value is -2.54. The molecule has 7 heteroatoms. The lowest BCUT2D eigenvalue weighted by Gasteiger charge is -2.31. The topological polar surface area (TPSA) is 67.6 Å². The number of likely N-dealkylation sites (tertiary alicyclic amines) is 1. The van der Waals surface area contributed by atoms with Crippen molar-refractivity contribution in [2.75, 3.05) is 25.0 Å². The summed E-state index contributed by atoms with van der Waals surface area (Å²) in [6.45, 7) is 5.73. The Balaban J connectivity index is 1.41. The van der Waals surface area contributed by atoms with E-state index in [1.165, 1.54) is 0 Å². The molecule has 4 rings (SSSR count). The number of hydrogen-bond donors (Lipinski definition) is 1. The Morgan fingerprint density at radius 2 is 2.15 bits per heavy atom.